The molecule has 4 aliphatic rings. The molecule has 2 heterocycles. The SMILES string of the molecule is CC1CNC(C2CC2)CN1C1CCN(C2CC2)C1. The fourth-order valence-electron chi connectivity index (χ4n) is 4.04. The second kappa shape index (κ2) is 4.46. The van der Waals surface area contributed by atoms with Crippen molar-refractivity contribution >= 4 is 0 Å². The first kappa shape index (κ1) is 11.7. The number of piperazine rings is 1. The van der Waals surface area contributed by atoms with Gasteiger partial charge in [-0.3, -0.25) is 9.80 Å². The first-order chi connectivity index (χ1) is 8.81. The highest BCUT2D eigenvalue weighted by molar-refractivity contribution is 4.99. The summed E-state index contributed by atoms with van der Waals surface area (Å²) in [7, 11) is 0. The van der Waals surface area contributed by atoms with Crippen molar-refractivity contribution in [2.45, 2.75) is 63.2 Å². The minimum absolute atomic E-state index is 0.740. The molecule has 3 atom stereocenters. The average molecular weight is 249 g/mol. The van der Waals surface area contributed by atoms with Crippen molar-refractivity contribution in [3.8, 4) is 0 Å². The minimum atomic E-state index is 0.740. The Morgan fingerprint density at radius 2 is 1.78 bits per heavy atom. The van der Waals surface area contributed by atoms with E-state index in [0.717, 1.165) is 30.1 Å². The number of rotatable bonds is 3. The minimum Gasteiger partial charge on any atom is -0.311 e. The highest BCUT2D eigenvalue weighted by atomic mass is 15.3. The van der Waals surface area contributed by atoms with Crippen molar-refractivity contribution in [2.24, 2.45) is 5.92 Å². The molecule has 18 heavy (non-hydrogen) atoms. The maximum Gasteiger partial charge on any atom is 0.0239 e. The van der Waals surface area contributed by atoms with Crippen LogP contribution >= 0.6 is 0 Å². The molecule has 0 bridgehead atoms. The summed E-state index contributed by atoms with van der Waals surface area (Å²) < 4.78 is 0. The van der Waals surface area contributed by atoms with E-state index in [-0.39, 0.29) is 0 Å². The van der Waals surface area contributed by atoms with Crippen LogP contribution in [0, 0.1) is 5.92 Å². The first-order valence-electron chi connectivity index (χ1n) is 8.04. The van der Waals surface area contributed by atoms with E-state index in [1.807, 2.05) is 0 Å². The predicted octanol–water partition coefficient (Wildman–Crippen LogP) is 1.30. The van der Waals surface area contributed by atoms with E-state index in [4.69, 9.17) is 0 Å². The van der Waals surface area contributed by atoms with E-state index in [1.165, 1.54) is 58.3 Å². The number of hydrogen-bond acceptors (Lipinski definition) is 3. The maximum atomic E-state index is 3.78. The Bertz CT molecular complexity index is 311. The van der Waals surface area contributed by atoms with Crippen LogP contribution < -0.4 is 5.32 Å². The van der Waals surface area contributed by atoms with Crippen molar-refractivity contribution in [2.75, 3.05) is 26.2 Å². The Balaban J connectivity index is 1.39. The van der Waals surface area contributed by atoms with Crippen molar-refractivity contribution in [1.82, 2.24) is 15.1 Å². The molecule has 2 aliphatic heterocycles. The van der Waals surface area contributed by atoms with Crippen LogP contribution in [0.4, 0.5) is 0 Å². The van der Waals surface area contributed by atoms with Gasteiger partial charge in [-0.05, 0) is 44.9 Å². The molecule has 102 valence electrons. The lowest BCUT2D eigenvalue weighted by Gasteiger charge is -2.42. The van der Waals surface area contributed by atoms with Crippen molar-refractivity contribution in [3.05, 3.63) is 0 Å². The Kier molecular flexibility index (Phi) is 2.90. The summed E-state index contributed by atoms with van der Waals surface area (Å²) in [6.07, 6.45) is 7.29. The molecule has 3 heteroatoms. The summed E-state index contributed by atoms with van der Waals surface area (Å²) in [5, 5.41) is 3.78. The van der Waals surface area contributed by atoms with Gasteiger partial charge >= 0.3 is 0 Å². The highest BCUT2D eigenvalue weighted by Gasteiger charge is 2.41. The normalized spacial score (nSPS) is 43.5. The molecule has 2 saturated heterocycles. The lowest BCUT2D eigenvalue weighted by Crippen LogP contribution is -2.59. The summed E-state index contributed by atoms with van der Waals surface area (Å²) >= 11 is 0. The lowest BCUT2D eigenvalue weighted by atomic mass is 10.0. The van der Waals surface area contributed by atoms with Gasteiger partial charge in [0, 0.05) is 50.3 Å². The molecule has 0 radical (unpaired) electrons. The van der Waals surface area contributed by atoms with Gasteiger partial charge in [0.2, 0.25) is 0 Å². The molecule has 3 unspecified atom stereocenters. The Hall–Kier alpha value is -0.120. The fraction of sp³-hybridized carbons (Fsp3) is 1.00. The van der Waals surface area contributed by atoms with E-state index in [2.05, 4.69) is 22.0 Å². The molecule has 4 rings (SSSR count). The molecule has 0 aromatic carbocycles. The molecule has 3 nitrogen and oxygen atoms in total. The molecule has 0 amide bonds. The smallest absolute Gasteiger partial charge is 0.0239 e. The summed E-state index contributed by atoms with van der Waals surface area (Å²) in [6, 6.07) is 3.36. The molecule has 0 aromatic heterocycles. The van der Waals surface area contributed by atoms with E-state index in [9.17, 15) is 0 Å². The molecular formula is C15H27N3. The Morgan fingerprint density at radius 3 is 2.50 bits per heavy atom. The van der Waals surface area contributed by atoms with E-state index < -0.39 is 0 Å². The standard InChI is InChI=1S/C15H27N3/c1-11-8-16-15(12-2-3-12)10-18(11)14-6-7-17(9-14)13-4-5-13/h11-16H,2-10H2,1H3. The average Bonchev–Trinajstić information content (AvgIpc) is 3.29. The van der Waals surface area contributed by atoms with Crippen LogP contribution in [0.25, 0.3) is 0 Å². The summed E-state index contributed by atoms with van der Waals surface area (Å²) in [5.41, 5.74) is 0. The van der Waals surface area contributed by atoms with Crippen molar-refractivity contribution < 1.29 is 0 Å². The Morgan fingerprint density at radius 1 is 0.944 bits per heavy atom. The zero-order chi connectivity index (χ0) is 12.1. The number of hydrogen-bond donors (Lipinski definition) is 1. The van der Waals surface area contributed by atoms with E-state index >= 15 is 0 Å². The van der Waals surface area contributed by atoms with Crippen LogP contribution in [-0.2, 0) is 0 Å². The quantitative estimate of drug-likeness (QED) is 0.813. The lowest BCUT2D eigenvalue weighted by molar-refractivity contribution is 0.0866. The topological polar surface area (TPSA) is 18.5 Å². The second-order valence-corrected chi connectivity index (χ2v) is 7.07. The van der Waals surface area contributed by atoms with E-state index in [1.54, 1.807) is 0 Å². The van der Waals surface area contributed by atoms with Gasteiger partial charge in [-0.2, -0.15) is 0 Å². The zero-order valence-corrected chi connectivity index (χ0v) is 11.6. The molecule has 4 fully saturated rings. The molecule has 2 aliphatic carbocycles. The summed E-state index contributed by atoms with van der Waals surface area (Å²) in [5.74, 6) is 1.00. The van der Waals surface area contributed by atoms with Crippen LogP contribution in [0.2, 0.25) is 0 Å². The Labute approximate surface area is 111 Å². The van der Waals surface area contributed by atoms with Gasteiger partial charge in [0.1, 0.15) is 0 Å². The monoisotopic (exact) mass is 249 g/mol. The third kappa shape index (κ3) is 2.21. The van der Waals surface area contributed by atoms with Gasteiger partial charge in [0.15, 0.2) is 0 Å². The summed E-state index contributed by atoms with van der Waals surface area (Å²) in [6.45, 7) is 7.65. The van der Waals surface area contributed by atoms with Crippen LogP contribution in [0.1, 0.15) is 39.0 Å². The van der Waals surface area contributed by atoms with Crippen LogP contribution in [0.15, 0.2) is 0 Å². The van der Waals surface area contributed by atoms with Crippen molar-refractivity contribution in [3.63, 3.8) is 0 Å². The molecule has 2 saturated carbocycles. The second-order valence-electron chi connectivity index (χ2n) is 7.07. The molecule has 1 N–H and O–H groups in total. The van der Waals surface area contributed by atoms with E-state index in [0.29, 0.717) is 0 Å². The maximum absolute atomic E-state index is 3.78. The third-order valence-electron chi connectivity index (χ3n) is 5.57. The van der Waals surface area contributed by atoms with Crippen LogP contribution in [0.5, 0.6) is 0 Å². The van der Waals surface area contributed by atoms with Crippen LogP contribution in [0.3, 0.4) is 0 Å². The third-order valence-corrected chi connectivity index (χ3v) is 5.57. The zero-order valence-electron chi connectivity index (χ0n) is 11.6. The molecular weight excluding hydrogens is 222 g/mol. The molecule has 0 aromatic rings. The van der Waals surface area contributed by atoms with Gasteiger partial charge in [-0.1, -0.05) is 0 Å². The predicted molar refractivity (Wildman–Crippen MR) is 73.7 cm³/mol. The number of nitrogens with one attached hydrogen (secondary N) is 1. The number of likely N-dealkylation sites (tertiary alicyclic amines) is 1. The van der Waals surface area contributed by atoms with Gasteiger partial charge < -0.3 is 5.32 Å². The highest BCUT2D eigenvalue weighted by Crippen LogP contribution is 2.36. The van der Waals surface area contributed by atoms with Gasteiger partial charge in [0.25, 0.3) is 0 Å². The fourth-order valence-corrected chi connectivity index (χ4v) is 4.04. The largest absolute Gasteiger partial charge is 0.311 e. The van der Waals surface area contributed by atoms with Crippen LogP contribution in [-0.4, -0.2) is 60.1 Å². The molecule has 0 spiro atoms. The summed E-state index contributed by atoms with van der Waals surface area (Å²) in [4.78, 5) is 5.59. The number of nitrogens with zero attached hydrogens (tertiary/aromatic N) is 2. The van der Waals surface area contributed by atoms with Crippen molar-refractivity contribution in [1.29, 1.82) is 0 Å². The van der Waals surface area contributed by atoms with Gasteiger partial charge in [0.05, 0.1) is 0 Å². The van der Waals surface area contributed by atoms with Gasteiger partial charge in [-0.15, -0.1) is 0 Å². The van der Waals surface area contributed by atoms with Gasteiger partial charge in [-0.25, -0.2) is 0 Å². The first-order valence-corrected chi connectivity index (χ1v) is 8.04.